The number of rotatable bonds is 3. The molecular formula is C16H26N4O. The first-order valence-corrected chi connectivity index (χ1v) is 8.33. The molecule has 0 bridgehead atoms. The Morgan fingerprint density at radius 1 is 1.14 bits per heavy atom. The van der Waals surface area contributed by atoms with Crippen molar-refractivity contribution in [2.75, 3.05) is 39.3 Å². The monoisotopic (exact) mass is 290 g/mol. The Morgan fingerprint density at radius 2 is 1.86 bits per heavy atom. The minimum absolute atomic E-state index is 0.100. The molecule has 1 atom stereocenters. The summed E-state index contributed by atoms with van der Waals surface area (Å²) in [7, 11) is 0. The van der Waals surface area contributed by atoms with Gasteiger partial charge < -0.3 is 4.90 Å². The van der Waals surface area contributed by atoms with Crippen LogP contribution in [0.4, 0.5) is 0 Å². The molecule has 5 nitrogen and oxygen atoms in total. The summed E-state index contributed by atoms with van der Waals surface area (Å²) in [6.07, 6.45) is 4.84. The van der Waals surface area contributed by atoms with Gasteiger partial charge in [-0.1, -0.05) is 6.92 Å². The van der Waals surface area contributed by atoms with E-state index in [1.807, 2.05) is 4.90 Å². The summed E-state index contributed by atoms with van der Waals surface area (Å²) < 4.78 is 0. The second kappa shape index (κ2) is 6.33. The third-order valence-corrected chi connectivity index (χ3v) is 5.17. The molecule has 2 heterocycles. The number of nitrogens with zero attached hydrogens (tertiary/aromatic N) is 4. The molecule has 2 saturated heterocycles. The lowest BCUT2D eigenvalue weighted by molar-refractivity contribution is -0.135. The molecule has 3 aliphatic rings. The first kappa shape index (κ1) is 14.8. The maximum Gasteiger partial charge on any atom is 0.236 e. The summed E-state index contributed by atoms with van der Waals surface area (Å²) in [6, 6.07) is 2.89. The van der Waals surface area contributed by atoms with Crippen molar-refractivity contribution in [3.63, 3.8) is 0 Å². The van der Waals surface area contributed by atoms with Crippen LogP contribution in [0.1, 0.15) is 32.6 Å². The average molecular weight is 290 g/mol. The van der Waals surface area contributed by atoms with Gasteiger partial charge in [-0.15, -0.1) is 0 Å². The molecule has 1 amide bonds. The smallest absolute Gasteiger partial charge is 0.236 e. The van der Waals surface area contributed by atoms with Gasteiger partial charge in [-0.3, -0.25) is 14.6 Å². The first-order valence-electron chi connectivity index (χ1n) is 8.33. The summed E-state index contributed by atoms with van der Waals surface area (Å²) in [5.41, 5.74) is 0. The molecule has 1 aliphatic carbocycles. The molecule has 21 heavy (non-hydrogen) atoms. The van der Waals surface area contributed by atoms with Gasteiger partial charge >= 0.3 is 0 Å². The van der Waals surface area contributed by atoms with Crippen molar-refractivity contribution in [2.24, 2.45) is 5.92 Å². The maximum absolute atomic E-state index is 12.5. The lowest BCUT2D eigenvalue weighted by Crippen LogP contribution is -2.56. The van der Waals surface area contributed by atoms with E-state index in [0.29, 0.717) is 19.1 Å². The molecule has 116 valence electrons. The molecule has 3 fully saturated rings. The number of nitriles is 1. The highest BCUT2D eigenvalue weighted by Crippen LogP contribution is 2.30. The maximum atomic E-state index is 12.5. The Hall–Kier alpha value is -1.12. The van der Waals surface area contributed by atoms with Crippen LogP contribution in [0.15, 0.2) is 0 Å². The minimum atomic E-state index is -0.100. The van der Waals surface area contributed by atoms with Crippen molar-refractivity contribution in [2.45, 2.75) is 44.7 Å². The molecule has 0 spiro atoms. The third-order valence-electron chi connectivity index (χ3n) is 5.17. The molecule has 0 aromatic heterocycles. The highest BCUT2D eigenvalue weighted by atomic mass is 16.2. The lowest BCUT2D eigenvalue weighted by atomic mass is 9.99. The molecular weight excluding hydrogens is 264 g/mol. The van der Waals surface area contributed by atoms with Gasteiger partial charge in [0.15, 0.2) is 0 Å². The SMILES string of the molecule is CC1CCN(CC(=O)N2CCN(C3CC3)C(C#N)C2)CC1. The quantitative estimate of drug-likeness (QED) is 0.775. The molecule has 1 saturated carbocycles. The fourth-order valence-electron chi connectivity index (χ4n) is 3.49. The Labute approximate surface area is 127 Å². The number of amides is 1. The zero-order valence-corrected chi connectivity index (χ0v) is 13.0. The highest BCUT2D eigenvalue weighted by molar-refractivity contribution is 5.78. The Balaban J connectivity index is 1.50. The van der Waals surface area contributed by atoms with Crippen LogP contribution >= 0.6 is 0 Å². The summed E-state index contributed by atoms with van der Waals surface area (Å²) >= 11 is 0. The zero-order valence-electron chi connectivity index (χ0n) is 13.0. The average Bonchev–Trinajstić information content (AvgIpc) is 3.33. The number of piperazine rings is 1. The second-order valence-electron chi connectivity index (χ2n) is 6.91. The topological polar surface area (TPSA) is 50.6 Å². The van der Waals surface area contributed by atoms with Crippen LogP contribution in [-0.4, -0.2) is 72.0 Å². The molecule has 2 aliphatic heterocycles. The van der Waals surface area contributed by atoms with Crippen LogP contribution in [0.25, 0.3) is 0 Å². The van der Waals surface area contributed by atoms with Crippen LogP contribution in [0.3, 0.4) is 0 Å². The Bertz CT molecular complexity index is 420. The molecule has 0 aromatic rings. The first-order chi connectivity index (χ1) is 10.2. The van der Waals surface area contributed by atoms with E-state index in [1.165, 1.54) is 25.7 Å². The van der Waals surface area contributed by atoms with Gasteiger partial charge in [-0.05, 0) is 44.7 Å². The van der Waals surface area contributed by atoms with Crippen molar-refractivity contribution in [1.82, 2.24) is 14.7 Å². The number of hydrogen-bond acceptors (Lipinski definition) is 4. The number of carbonyl (C=O) groups is 1. The van der Waals surface area contributed by atoms with Crippen molar-refractivity contribution in [3.05, 3.63) is 0 Å². The van der Waals surface area contributed by atoms with E-state index in [9.17, 15) is 10.1 Å². The van der Waals surface area contributed by atoms with E-state index in [1.54, 1.807) is 0 Å². The highest BCUT2D eigenvalue weighted by Gasteiger charge is 2.38. The Kier molecular flexibility index (Phi) is 4.46. The van der Waals surface area contributed by atoms with Crippen molar-refractivity contribution >= 4 is 5.91 Å². The minimum Gasteiger partial charge on any atom is -0.338 e. The van der Waals surface area contributed by atoms with Gasteiger partial charge in [0.05, 0.1) is 12.6 Å². The van der Waals surface area contributed by atoms with Gasteiger partial charge in [0.1, 0.15) is 6.04 Å². The van der Waals surface area contributed by atoms with E-state index >= 15 is 0 Å². The van der Waals surface area contributed by atoms with E-state index in [2.05, 4.69) is 22.8 Å². The number of carbonyl (C=O) groups excluding carboxylic acids is 1. The van der Waals surface area contributed by atoms with Crippen LogP contribution in [0.2, 0.25) is 0 Å². The fraction of sp³-hybridized carbons (Fsp3) is 0.875. The normalized spacial score (nSPS) is 29.3. The predicted molar refractivity (Wildman–Crippen MR) is 80.5 cm³/mol. The second-order valence-corrected chi connectivity index (χ2v) is 6.91. The molecule has 3 rings (SSSR count). The molecule has 0 aromatic carbocycles. The number of likely N-dealkylation sites (tertiary alicyclic amines) is 1. The van der Waals surface area contributed by atoms with Crippen LogP contribution in [0.5, 0.6) is 0 Å². The Morgan fingerprint density at radius 3 is 2.48 bits per heavy atom. The summed E-state index contributed by atoms with van der Waals surface area (Å²) in [4.78, 5) is 18.9. The molecule has 0 N–H and O–H groups in total. The fourth-order valence-corrected chi connectivity index (χ4v) is 3.49. The van der Waals surface area contributed by atoms with Crippen molar-refractivity contribution < 1.29 is 4.79 Å². The van der Waals surface area contributed by atoms with Gasteiger partial charge in [-0.25, -0.2) is 0 Å². The molecule has 0 radical (unpaired) electrons. The van der Waals surface area contributed by atoms with Crippen LogP contribution < -0.4 is 0 Å². The summed E-state index contributed by atoms with van der Waals surface area (Å²) in [6.45, 7) is 7.15. The van der Waals surface area contributed by atoms with Gasteiger partial charge in [0, 0.05) is 25.7 Å². The largest absolute Gasteiger partial charge is 0.338 e. The van der Waals surface area contributed by atoms with Crippen LogP contribution in [-0.2, 0) is 4.79 Å². The van der Waals surface area contributed by atoms with Gasteiger partial charge in [0.2, 0.25) is 5.91 Å². The number of hydrogen-bond donors (Lipinski definition) is 0. The van der Waals surface area contributed by atoms with E-state index in [-0.39, 0.29) is 11.9 Å². The van der Waals surface area contributed by atoms with Crippen molar-refractivity contribution in [3.8, 4) is 6.07 Å². The molecule has 1 unspecified atom stereocenters. The zero-order chi connectivity index (χ0) is 14.8. The number of piperidine rings is 1. The van der Waals surface area contributed by atoms with Crippen molar-refractivity contribution in [1.29, 1.82) is 5.26 Å². The van der Waals surface area contributed by atoms with E-state index in [4.69, 9.17) is 0 Å². The summed E-state index contributed by atoms with van der Waals surface area (Å²) in [5.74, 6) is 1.00. The van der Waals surface area contributed by atoms with E-state index < -0.39 is 0 Å². The van der Waals surface area contributed by atoms with Crippen LogP contribution in [0, 0.1) is 17.2 Å². The summed E-state index contributed by atoms with van der Waals surface area (Å²) in [5, 5.41) is 9.35. The van der Waals surface area contributed by atoms with E-state index in [0.717, 1.165) is 32.1 Å². The lowest BCUT2D eigenvalue weighted by Gasteiger charge is -2.39. The molecule has 5 heteroatoms. The third kappa shape index (κ3) is 3.56. The van der Waals surface area contributed by atoms with Gasteiger partial charge in [0.25, 0.3) is 0 Å². The standard InChI is InChI=1S/C16H26N4O/c1-13-4-6-18(7-5-13)12-16(21)19-8-9-20(14-2-3-14)15(10-17)11-19/h13-15H,2-9,11-12H2,1H3. The van der Waals surface area contributed by atoms with Gasteiger partial charge in [-0.2, -0.15) is 5.26 Å². The predicted octanol–water partition coefficient (Wildman–Crippen LogP) is 0.917.